The summed E-state index contributed by atoms with van der Waals surface area (Å²) >= 11 is 0. The van der Waals surface area contributed by atoms with Crippen molar-refractivity contribution in [2.45, 2.75) is 46.2 Å². The molecule has 2 aromatic carbocycles. The Morgan fingerprint density at radius 1 is 1.04 bits per heavy atom. The zero-order chi connectivity index (χ0) is 18.1. The third-order valence-corrected chi connectivity index (χ3v) is 4.89. The van der Waals surface area contributed by atoms with E-state index in [0.717, 1.165) is 33.5 Å². The fourth-order valence-corrected chi connectivity index (χ4v) is 3.12. The minimum absolute atomic E-state index is 0.0768. The van der Waals surface area contributed by atoms with E-state index in [1.54, 1.807) is 6.07 Å². The Morgan fingerprint density at radius 2 is 1.76 bits per heavy atom. The standard InChI is InChI=1S/C20H25N3O2/c1-11-5-6-12(2)16(7-11)21-20(25)18-10-17(22-23-18)15-8-13(3)14(4)9-19(15)24/h5-9,17-18,22-24H,10H2,1-4H3,(H,21,25). The molecule has 1 aliphatic rings. The predicted octanol–water partition coefficient (Wildman–Crippen LogP) is 3.17. The summed E-state index contributed by atoms with van der Waals surface area (Å²) in [7, 11) is 0. The smallest absolute Gasteiger partial charge is 0.242 e. The molecule has 0 aromatic heterocycles. The van der Waals surface area contributed by atoms with Gasteiger partial charge in [0, 0.05) is 11.3 Å². The van der Waals surface area contributed by atoms with Crippen molar-refractivity contribution < 1.29 is 9.90 Å². The third kappa shape index (κ3) is 3.67. The van der Waals surface area contributed by atoms with Gasteiger partial charge in [-0.2, -0.15) is 0 Å². The van der Waals surface area contributed by atoms with Gasteiger partial charge in [0.25, 0.3) is 0 Å². The van der Waals surface area contributed by atoms with Crippen molar-refractivity contribution >= 4 is 11.6 Å². The van der Waals surface area contributed by atoms with Gasteiger partial charge in [-0.15, -0.1) is 0 Å². The highest BCUT2D eigenvalue weighted by molar-refractivity contribution is 5.95. The highest BCUT2D eigenvalue weighted by Gasteiger charge is 2.31. The van der Waals surface area contributed by atoms with Crippen molar-refractivity contribution in [3.63, 3.8) is 0 Å². The van der Waals surface area contributed by atoms with Gasteiger partial charge in [0.2, 0.25) is 5.91 Å². The Morgan fingerprint density at radius 3 is 2.52 bits per heavy atom. The maximum absolute atomic E-state index is 12.6. The molecular weight excluding hydrogens is 314 g/mol. The van der Waals surface area contributed by atoms with Crippen LogP contribution in [0.5, 0.6) is 5.75 Å². The fraction of sp³-hybridized carbons (Fsp3) is 0.350. The van der Waals surface area contributed by atoms with Gasteiger partial charge in [-0.05, 0) is 68.5 Å². The third-order valence-electron chi connectivity index (χ3n) is 4.89. The molecule has 0 aliphatic carbocycles. The summed E-state index contributed by atoms with van der Waals surface area (Å²) in [6.45, 7) is 7.97. The van der Waals surface area contributed by atoms with Crippen molar-refractivity contribution in [3.05, 3.63) is 58.1 Å². The van der Waals surface area contributed by atoms with Gasteiger partial charge in [-0.1, -0.05) is 18.2 Å². The lowest BCUT2D eigenvalue weighted by Crippen LogP contribution is -2.39. The van der Waals surface area contributed by atoms with Crippen LogP contribution in [0, 0.1) is 27.7 Å². The number of aromatic hydroxyl groups is 1. The van der Waals surface area contributed by atoms with Gasteiger partial charge >= 0.3 is 0 Å². The summed E-state index contributed by atoms with van der Waals surface area (Å²) in [5, 5.41) is 13.2. The molecule has 5 nitrogen and oxygen atoms in total. The highest BCUT2D eigenvalue weighted by Crippen LogP contribution is 2.32. The molecule has 1 heterocycles. The molecule has 0 bridgehead atoms. The number of hydrogen-bond donors (Lipinski definition) is 4. The summed E-state index contributed by atoms with van der Waals surface area (Å²) in [6, 6.07) is 9.30. The van der Waals surface area contributed by atoms with E-state index in [-0.39, 0.29) is 23.7 Å². The van der Waals surface area contributed by atoms with Crippen molar-refractivity contribution in [3.8, 4) is 5.75 Å². The number of carbonyl (C=O) groups excluding carboxylic acids is 1. The van der Waals surface area contributed by atoms with E-state index in [2.05, 4.69) is 16.2 Å². The van der Waals surface area contributed by atoms with Crippen LogP contribution in [0.1, 0.15) is 40.3 Å². The number of carbonyl (C=O) groups is 1. The molecule has 1 fully saturated rings. The fourth-order valence-electron chi connectivity index (χ4n) is 3.12. The lowest BCUT2D eigenvalue weighted by atomic mass is 9.96. The summed E-state index contributed by atoms with van der Waals surface area (Å²) < 4.78 is 0. The maximum atomic E-state index is 12.6. The van der Waals surface area contributed by atoms with E-state index in [4.69, 9.17) is 0 Å². The number of phenolic OH excluding ortho intramolecular Hbond substituents is 1. The van der Waals surface area contributed by atoms with Crippen LogP contribution < -0.4 is 16.2 Å². The zero-order valence-corrected chi connectivity index (χ0v) is 15.1. The van der Waals surface area contributed by atoms with Crippen LogP contribution >= 0.6 is 0 Å². The number of nitrogens with one attached hydrogen (secondary N) is 3. The van der Waals surface area contributed by atoms with Crippen molar-refractivity contribution in [1.29, 1.82) is 0 Å². The molecule has 132 valence electrons. The van der Waals surface area contributed by atoms with Gasteiger partial charge in [0.1, 0.15) is 11.8 Å². The van der Waals surface area contributed by atoms with Gasteiger partial charge in [-0.3, -0.25) is 4.79 Å². The van der Waals surface area contributed by atoms with Gasteiger partial charge in [0.05, 0.1) is 6.04 Å². The summed E-state index contributed by atoms with van der Waals surface area (Å²) in [5.41, 5.74) is 12.2. The molecule has 1 saturated heterocycles. The molecule has 0 radical (unpaired) electrons. The molecular formula is C20H25N3O2. The molecule has 5 heteroatoms. The molecule has 2 atom stereocenters. The Hall–Kier alpha value is -2.37. The number of rotatable bonds is 3. The largest absolute Gasteiger partial charge is 0.508 e. The number of phenols is 1. The van der Waals surface area contributed by atoms with E-state index >= 15 is 0 Å². The molecule has 0 saturated carbocycles. The van der Waals surface area contributed by atoms with Crippen LogP contribution in [0.25, 0.3) is 0 Å². The first-order chi connectivity index (χ1) is 11.8. The van der Waals surface area contributed by atoms with Crippen LogP contribution in [-0.4, -0.2) is 17.1 Å². The van der Waals surface area contributed by atoms with Gasteiger partial charge < -0.3 is 10.4 Å². The Bertz CT molecular complexity index is 817. The monoisotopic (exact) mass is 339 g/mol. The average molecular weight is 339 g/mol. The van der Waals surface area contributed by atoms with Gasteiger partial charge in [-0.25, -0.2) is 10.9 Å². The summed E-state index contributed by atoms with van der Waals surface area (Å²) in [6.07, 6.45) is 0.576. The van der Waals surface area contributed by atoms with Crippen molar-refractivity contribution in [2.75, 3.05) is 5.32 Å². The molecule has 2 aromatic rings. The van der Waals surface area contributed by atoms with Crippen LogP contribution in [0.4, 0.5) is 5.69 Å². The summed E-state index contributed by atoms with van der Waals surface area (Å²) in [5.74, 6) is 0.185. The Kier molecular flexibility index (Phi) is 4.79. The Labute approximate surface area is 148 Å². The first kappa shape index (κ1) is 17.5. The number of hydrogen-bond acceptors (Lipinski definition) is 4. The molecule has 25 heavy (non-hydrogen) atoms. The van der Waals surface area contributed by atoms with Crippen LogP contribution in [0.2, 0.25) is 0 Å². The van der Waals surface area contributed by atoms with Crippen LogP contribution in [0.15, 0.2) is 30.3 Å². The minimum Gasteiger partial charge on any atom is -0.508 e. The maximum Gasteiger partial charge on any atom is 0.242 e. The molecule has 1 aliphatic heterocycles. The predicted molar refractivity (Wildman–Crippen MR) is 99.5 cm³/mol. The first-order valence-corrected chi connectivity index (χ1v) is 8.54. The number of anilines is 1. The van der Waals surface area contributed by atoms with Crippen molar-refractivity contribution in [1.82, 2.24) is 10.9 Å². The molecule has 2 unspecified atom stereocenters. The summed E-state index contributed by atoms with van der Waals surface area (Å²) in [4.78, 5) is 12.6. The highest BCUT2D eigenvalue weighted by atomic mass is 16.3. The SMILES string of the molecule is Cc1ccc(C)c(NC(=O)C2CC(c3cc(C)c(C)cc3O)NN2)c1. The number of amides is 1. The van der Waals surface area contributed by atoms with Gasteiger partial charge in [0.15, 0.2) is 0 Å². The molecule has 4 N–H and O–H groups in total. The van der Waals surface area contributed by atoms with Crippen molar-refractivity contribution in [2.24, 2.45) is 0 Å². The topological polar surface area (TPSA) is 73.4 Å². The molecule has 0 spiro atoms. The van der Waals surface area contributed by atoms with E-state index in [9.17, 15) is 9.90 Å². The zero-order valence-electron chi connectivity index (χ0n) is 15.1. The van der Waals surface area contributed by atoms with E-state index in [0.29, 0.717) is 6.42 Å². The van der Waals surface area contributed by atoms with Crippen LogP contribution in [0.3, 0.4) is 0 Å². The second-order valence-corrected chi connectivity index (χ2v) is 6.93. The van der Waals surface area contributed by atoms with E-state index < -0.39 is 0 Å². The quantitative estimate of drug-likeness (QED) is 0.693. The lowest BCUT2D eigenvalue weighted by Gasteiger charge is -2.14. The second kappa shape index (κ2) is 6.86. The molecule has 1 amide bonds. The van der Waals surface area contributed by atoms with E-state index in [1.165, 1.54) is 0 Å². The number of benzene rings is 2. The normalized spacial score (nSPS) is 19.8. The minimum atomic E-state index is -0.356. The second-order valence-electron chi connectivity index (χ2n) is 6.93. The number of hydrazine groups is 1. The lowest BCUT2D eigenvalue weighted by molar-refractivity contribution is -0.117. The first-order valence-electron chi connectivity index (χ1n) is 8.54. The average Bonchev–Trinajstić information content (AvgIpc) is 3.04. The number of aryl methyl sites for hydroxylation is 4. The van der Waals surface area contributed by atoms with Crippen LogP contribution in [-0.2, 0) is 4.79 Å². The molecule has 3 rings (SSSR count). The Balaban J connectivity index is 1.71. The van der Waals surface area contributed by atoms with E-state index in [1.807, 2.05) is 52.0 Å².